The van der Waals surface area contributed by atoms with Crippen molar-refractivity contribution in [2.24, 2.45) is 11.3 Å². The molecule has 2 saturated heterocycles. The molecule has 1 spiro atoms. The quantitative estimate of drug-likeness (QED) is 0.765. The summed E-state index contributed by atoms with van der Waals surface area (Å²) in [5, 5.41) is 12.5. The van der Waals surface area contributed by atoms with Gasteiger partial charge in [0, 0.05) is 37.3 Å². The molecule has 3 fully saturated rings. The van der Waals surface area contributed by atoms with Crippen molar-refractivity contribution in [3.05, 3.63) is 24.0 Å². The van der Waals surface area contributed by atoms with Crippen LogP contribution in [0.3, 0.4) is 0 Å². The summed E-state index contributed by atoms with van der Waals surface area (Å²) in [5.41, 5.74) is 0.508. The molecule has 1 aromatic carbocycles. The molecule has 2 N–H and O–H groups in total. The summed E-state index contributed by atoms with van der Waals surface area (Å²) < 4.78 is 15.0. The maximum absolute atomic E-state index is 15.0. The molecule has 2 heterocycles. The Balaban J connectivity index is 1.46. The molecule has 3 aliphatic rings. The number of carbonyl (C=O) groups excluding carboxylic acids is 2. The highest BCUT2D eigenvalue weighted by molar-refractivity contribution is 5.92. The Morgan fingerprint density at radius 1 is 1.19 bits per heavy atom. The Kier molecular flexibility index (Phi) is 6.24. The van der Waals surface area contributed by atoms with E-state index in [2.05, 4.69) is 5.32 Å². The lowest BCUT2D eigenvalue weighted by Crippen LogP contribution is -2.50. The van der Waals surface area contributed by atoms with Crippen molar-refractivity contribution in [1.82, 2.24) is 4.90 Å². The number of piperidine rings is 1. The largest absolute Gasteiger partial charge is 0.393 e. The molecule has 6 nitrogen and oxygen atoms in total. The Morgan fingerprint density at radius 3 is 2.61 bits per heavy atom. The summed E-state index contributed by atoms with van der Waals surface area (Å²) in [6, 6.07) is 5.04. The van der Waals surface area contributed by atoms with E-state index in [1.165, 1.54) is 6.07 Å². The number of carbonyl (C=O) groups is 2. The Morgan fingerprint density at radius 2 is 1.94 bits per heavy atom. The van der Waals surface area contributed by atoms with E-state index in [4.69, 9.17) is 0 Å². The summed E-state index contributed by atoms with van der Waals surface area (Å²) >= 11 is 0. The van der Waals surface area contributed by atoms with Crippen LogP contribution in [0.15, 0.2) is 18.2 Å². The lowest BCUT2D eigenvalue weighted by molar-refractivity contribution is -0.139. The van der Waals surface area contributed by atoms with E-state index in [0.717, 1.165) is 58.0 Å². The first-order valence-electron chi connectivity index (χ1n) is 11.6. The van der Waals surface area contributed by atoms with Crippen LogP contribution in [0.5, 0.6) is 0 Å². The van der Waals surface area contributed by atoms with Gasteiger partial charge in [0.05, 0.1) is 17.2 Å². The van der Waals surface area contributed by atoms with Crippen LogP contribution in [0.25, 0.3) is 0 Å². The number of anilines is 2. The molecule has 0 aromatic heterocycles. The van der Waals surface area contributed by atoms with Crippen LogP contribution >= 0.6 is 0 Å². The summed E-state index contributed by atoms with van der Waals surface area (Å²) in [6.07, 6.45) is 5.54. The molecule has 31 heavy (non-hydrogen) atoms. The number of aliphatic hydroxyl groups excluding tert-OH is 1. The number of amides is 2. The predicted molar refractivity (Wildman–Crippen MR) is 118 cm³/mol. The van der Waals surface area contributed by atoms with Crippen LogP contribution in [-0.2, 0) is 9.59 Å². The molecule has 1 aromatic rings. The monoisotopic (exact) mass is 431 g/mol. The van der Waals surface area contributed by atoms with Gasteiger partial charge in [-0.2, -0.15) is 0 Å². The predicted octanol–water partition coefficient (Wildman–Crippen LogP) is 3.54. The second kappa shape index (κ2) is 8.77. The van der Waals surface area contributed by atoms with Crippen molar-refractivity contribution in [3.63, 3.8) is 0 Å². The zero-order chi connectivity index (χ0) is 22.2. The summed E-state index contributed by atoms with van der Waals surface area (Å²) in [5.74, 6) is -0.480. The molecule has 0 radical (unpaired) electrons. The van der Waals surface area contributed by atoms with Crippen molar-refractivity contribution in [1.29, 1.82) is 0 Å². The molecule has 2 amide bonds. The van der Waals surface area contributed by atoms with Gasteiger partial charge in [0.15, 0.2) is 0 Å². The fraction of sp³-hybridized carbons (Fsp3) is 0.667. The zero-order valence-corrected chi connectivity index (χ0v) is 18.6. The summed E-state index contributed by atoms with van der Waals surface area (Å²) in [7, 11) is 0. The Labute approximate surface area is 183 Å². The van der Waals surface area contributed by atoms with Gasteiger partial charge in [-0.25, -0.2) is 4.39 Å². The second-order valence-electron chi connectivity index (χ2n) is 9.83. The van der Waals surface area contributed by atoms with E-state index in [0.29, 0.717) is 17.9 Å². The number of aliphatic hydroxyl groups is 1. The SMILES string of the molecule is CC(C)C(=O)Nc1ccc(N2CCC[C@]3(CCN([C@H]4CC[C@H](O)CC4)C3=O)C2)c(F)c1. The number of rotatable bonds is 4. The lowest BCUT2D eigenvalue weighted by atomic mass is 9.78. The maximum Gasteiger partial charge on any atom is 0.230 e. The maximum atomic E-state index is 15.0. The Bertz CT molecular complexity index is 837. The molecule has 170 valence electrons. The highest BCUT2D eigenvalue weighted by Gasteiger charge is 2.50. The van der Waals surface area contributed by atoms with E-state index in [1.807, 2.05) is 9.80 Å². The lowest BCUT2D eigenvalue weighted by Gasteiger charge is -2.41. The van der Waals surface area contributed by atoms with E-state index < -0.39 is 5.41 Å². The van der Waals surface area contributed by atoms with Gasteiger partial charge in [-0.15, -0.1) is 0 Å². The van der Waals surface area contributed by atoms with E-state index in [-0.39, 0.29) is 35.7 Å². The van der Waals surface area contributed by atoms with Gasteiger partial charge >= 0.3 is 0 Å². The highest BCUT2D eigenvalue weighted by atomic mass is 19.1. The fourth-order valence-corrected chi connectivity index (χ4v) is 5.41. The molecule has 4 rings (SSSR count). The van der Waals surface area contributed by atoms with Gasteiger partial charge in [-0.05, 0) is 63.1 Å². The number of halogens is 1. The number of hydrogen-bond donors (Lipinski definition) is 2. The van der Waals surface area contributed by atoms with Crippen LogP contribution in [0.4, 0.5) is 15.8 Å². The van der Waals surface area contributed by atoms with Crippen molar-refractivity contribution in [3.8, 4) is 0 Å². The van der Waals surface area contributed by atoms with Crippen LogP contribution in [0, 0.1) is 17.2 Å². The minimum absolute atomic E-state index is 0.143. The van der Waals surface area contributed by atoms with Gasteiger partial charge in [-0.3, -0.25) is 9.59 Å². The van der Waals surface area contributed by atoms with Gasteiger partial charge in [-0.1, -0.05) is 13.8 Å². The van der Waals surface area contributed by atoms with Crippen molar-refractivity contribution in [2.75, 3.05) is 29.9 Å². The third-order valence-electron chi connectivity index (χ3n) is 7.31. The normalized spacial score (nSPS) is 29.1. The number of nitrogens with zero attached hydrogens (tertiary/aromatic N) is 2. The molecule has 1 aliphatic carbocycles. The zero-order valence-electron chi connectivity index (χ0n) is 18.6. The van der Waals surface area contributed by atoms with Crippen LogP contribution in [0.1, 0.15) is 58.8 Å². The van der Waals surface area contributed by atoms with Crippen LogP contribution in [-0.4, -0.2) is 53.6 Å². The van der Waals surface area contributed by atoms with Crippen LogP contribution < -0.4 is 10.2 Å². The molecule has 1 saturated carbocycles. The highest BCUT2D eigenvalue weighted by Crippen LogP contribution is 2.43. The number of likely N-dealkylation sites (tertiary alicyclic amines) is 1. The number of hydrogen-bond acceptors (Lipinski definition) is 4. The molecule has 2 aliphatic heterocycles. The fourth-order valence-electron chi connectivity index (χ4n) is 5.41. The summed E-state index contributed by atoms with van der Waals surface area (Å²) in [6.45, 7) is 5.61. The van der Waals surface area contributed by atoms with Gasteiger partial charge in [0.2, 0.25) is 11.8 Å². The third-order valence-corrected chi connectivity index (χ3v) is 7.31. The average Bonchev–Trinajstić information content (AvgIpc) is 3.04. The molecule has 0 unspecified atom stereocenters. The van der Waals surface area contributed by atoms with E-state index >= 15 is 0 Å². The van der Waals surface area contributed by atoms with Gasteiger partial charge < -0.3 is 20.2 Å². The standard InChI is InChI=1S/C24H34FN3O3/c1-16(2)22(30)26-17-4-9-21(20(25)14-17)27-12-3-10-24(15-27)11-13-28(23(24)31)18-5-7-19(29)8-6-18/h4,9,14,16,18-19,29H,3,5-8,10-13,15H2,1-2H3,(H,26,30)/t18-,19-,24-/m0/s1. The Hall–Kier alpha value is -2.15. The first-order chi connectivity index (χ1) is 14.8. The summed E-state index contributed by atoms with van der Waals surface area (Å²) in [4.78, 5) is 29.4. The van der Waals surface area contributed by atoms with Crippen molar-refractivity contribution >= 4 is 23.2 Å². The number of nitrogens with one attached hydrogen (secondary N) is 1. The minimum Gasteiger partial charge on any atom is -0.393 e. The molecule has 1 atom stereocenters. The number of benzene rings is 1. The first-order valence-corrected chi connectivity index (χ1v) is 11.6. The first kappa shape index (κ1) is 22.1. The molecule has 0 bridgehead atoms. The van der Waals surface area contributed by atoms with Gasteiger partial charge in [0.25, 0.3) is 0 Å². The van der Waals surface area contributed by atoms with Crippen LogP contribution in [0.2, 0.25) is 0 Å². The topological polar surface area (TPSA) is 72.9 Å². The average molecular weight is 432 g/mol. The third kappa shape index (κ3) is 4.43. The smallest absolute Gasteiger partial charge is 0.230 e. The molecular weight excluding hydrogens is 397 g/mol. The minimum atomic E-state index is -0.439. The second-order valence-corrected chi connectivity index (χ2v) is 9.83. The molecular formula is C24H34FN3O3. The molecule has 7 heteroatoms. The van der Waals surface area contributed by atoms with Crippen molar-refractivity contribution < 1.29 is 19.1 Å². The van der Waals surface area contributed by atoms with E-state index in [9.17, 15) is 19.1 Å². The van der Waals surface area contributed by atoms with Gasteiger partial charge in [0.1, 0.15) is 5.82 Å². The van der Waals surface area contributed by atoms with Crippen molar-refractivity contribution in [2.45, 2.75) is 70.9 Å². The van der Waals surface area contributed by atoms with E-state index in [1.54, 1.807) is 26.0 Å².